The Morgan fingerprint density at radius 2 is 1.61 bits per heavy atom. The van der Waals surface area contributed by atoms with Gasteiger partial charge in [0.25, 0.3) is 0 Å². The predicted octanol–water partition coefficient (Wildman–Crippen LogP) is 2.84. The number of sulfonamides is 1. The molecule has 5 atom stereocenters. The Balaban J connectivity index is 1.68. The molecule has 1 aromatic rings. The number of aryl methyl sites for hydroxylation is 1. The van der Waals surface area contributed by atoms with Gasteiger partial charge in [-0.05, 0) is 38.8 Å². The fourth-order valence-corrected chi connectivity index (χ4v) is 6.61. The van der Waals surface area contributed by atoms with Crippen LogP contribution in [0.5, 0.6) is 0 Å². The van der Waals surface area contributed by atoms with E-state index in [1.54, 1.807) is 43.3 Å². The maximum atomic E-state index is 13.5. The molecule has 31 heavy (non-hydrogen) atoms. The highest BCUT2D eigenvalue weighted by Gasteiger charge is 2.47. The van der Waals surface area contributed by atoms with E-state index in [9.17, 15) is 18.0 Å². The van der Waals surface area contributed by atoms with Crippen molar-refractivity contribution in [1.29, 1.82) is 0 Å². The number of cyclic esters (lactones) is 2. The van der Waals surface area contributed by atoms with E-state index in [1.807, 2.05) is 6.92 Å². The van der Waals surface area contributed by atoms with Crippen molar-refractivity contribution in [2.24, 2.45) is 17.8 Å². The first-order chi connectivity index (χ1) is 14.8. The molecule has 4 rings (SSSR count). The van der Waals surface area contributed by atoms with Gasteiger partial charge < -0.3 is 9.47 Å². The minimum absolute atomic E-state index is 0.0506. The highest BCUT2D eigenvalue weighted by Crippen LogP contribution is 2.35. The van der Waals surface area contributed by atoms with Crippen LogP contribution in [0.15, 0.2) is 41.3 Å². The number of ether oxygens (including phenoxy) is 2. The van der Waals surface area contributed by atoms with Gasteiger partial charge in [-0.3, -0.25) is 9.59 Å². The number of esters is 2. The summed E-state index contributed by atoms with van der Waals surface area (Å²) < 4.78 is 39.5. The van der Waals surface area contributed by atoms with Gasteiger partial charge in [0, 0.05) is 17.9 Å². The van der Waals surface area contributed by atoms with E-state index in [0.29, 0.717) is 0 Å². The number of carbonyl (C=O) groups excluding carboxylic acids is 2. The molecule has 0 unspecified atom stereocenters. The topological polar surface area (TPSA) is 90.0 Å². The fourth-order valence-electron chi connectivity index (χ4n) is 4.84. The van der Waals surface area contributed by atoms with Crippen molar-refractivity contribution in [3.63, 3.8) is 0 Å². The molecule has 7 nitrogen and oxygen atoms in total. The zero-order valence-corrected chi connectivity index (χ0v) is 18.7. The third kappa shape index (κ3) is 4.28. The van der Waals surface area contributed by atoms with Gasteiger partial charge in [0.1, 0.15) is 6.04 Å². The molecule has 168 valence electrons. The number of carbonyl (C=O) groups is 2. The molecular formula is C23H29NO6S. The van der Waals surface area contributed by atoms with E-state index >= 15 is 0 Å². The van der Waals surface area contributed by atoms with Crippen LogP contribution in [0, 0.1) is 24.7 Å². The Hall–Kier alpha value is -2.19. The van der Waals surface area contributed by atoms with E-state index in [-0.39, 0.29) is 35.9 Å². The van der Waals surface area contributed by atoms with Crippen LogP contribution in [0.4, 0.5) is 0 Å². The summed E-state index contributed by atoms with van der Waals surface area (Å²) in [5.41, 5.74) is 0.940. The van der Waals surface area contributed by atoms with Gasteiger partial charge in [-0.25, -0.2) is 8.42 Å². The standard InChI is InChI=1S/C23H29NO6S/c1-15-7-11-19(12-8-15)31(27,28)24-16(2)9-10-18-14-29-22(25)20-6-4-3-5-17(20)13-30-23(26)21(18)24/h7-12,16-18,20-21H,3-6,13-14H2,1-2H3/t16-,17+,18+,20-,21+/m1/s1. The molecule has 0 N–H and O–H groups in total. The summed E-state index contributed by atoms with van der Waals surface area (Å²) in [6, 6.07) is 4.92. The minimum atomic E-state index is -3.98. The molecule has 1 aromatic carbocycles. The van der Waals surface area contributed by atoms with Crippen molar-refractivity contribution >= 4 is 22.0 Å². The highest BCUT2D eigenvalue weighted by molar-refractivity contribution is 7.89. The molecule has 2 aliphatic heterocycles. The van der Waals surface area contributed by atoms with Crippen LogP contribution in [0.1, 0.15) is 38.2 Å². The smallest absolute Gasteiger partial charge is 0.325 e. The minimum Gasteiger partial charge on any atom is -0.465 e. The monoisotopic (exact) mass is 447 g/mol. The molecule has 0 aromatic heterocycles. The van der Waals surface area contributed by atoms with Crippen molar-refractivity contribution in [2.75, 3.05) is 13.2 Å². The van der Waals surface area contributed by atoms with E-state index in [0.717, 1.165) is 31.2 Å². The lowest BCUT2D eigenvalue weighted by Gasteiger charge is -2.40. The second kappa shape index (κ2) is 8.74. The first-order valence-corrected chi connectivity index (χ1v) is 12.3. The second-order valence-electron chi connectivity index (χ2n) is 8.79. The molecule has 1 saturated heterocycles. The van der Waals surface area contributed by atoms with Crippen LogP contribution < -0.4 is 0 Å². The van der Waals surface area contributed by atoms with E-state index in [2.05, 4.69) is 0 Å². The molecule has 1 saturated carbocycles. The van der Waals surface area contributed by atoms with Crippen LogP contribution in [-0.4, -0.2) is 50.0 Å². The van der Waals surface area contributed by atoms with Gasteiger partial charge in [-0.1, -0.05) is 42.7 Å². The van der Waals surface area contributed by atoms with E-state index < -0.39 is 34.0 Å². The summed E-state index contributed by atoms with van der Waals surface area (Å²) in [6.45, 7) is 3.67. The first-order valence-electron chi connectivity index (χ1n) is 10.9. The Morgan fingerprint density at radius 3 is 2.35 bits per heavy atom. The molecule has 2 heterocycles. The third-order valence-corrected chi connectivity index (χ3v) is 8.61. The van der Waals surface area contributed by atoms with Crippen LogP contribution in [0.25, 0.3) is 0 Å². The van der Waals surface area contributed by atoms with Gasteiger partial charge in [-0.15, -0.1) is 0 Å². The van der Waals surface area contributed by atoms with E-state index in [4.69, 9.17) is 9.47 Å². The fraction of sp³-hybridized carbons (Fsp3) is 0.565. The van der Waals surface area contributed by atoms with Gasteiger partial charge in [0.2, 0.25) is 10.0 Å². The maximum Gasteiger partial charge on any atom is 0.325 e. The van der Waals surface area contributed by atoms with Crippen molar-refractivity contribution in [3.05, 3.63) is 42.0 Å². The largest absolute Gasteiger partial charge is 0.465 e. The molecule has 0 bridgehead atoms. The van der Waals surface area contributed by atoms with Crippen LogP contribution in [-0.2, 0) is 29.1 Å². The molecule has 0 amide bonds. The molecule has 8 heteroatoms. The number of hydrogen-bond acceptors (Lipinski definition) is 6. The zero-order valence-electron chi connectivity index (χ0n) is 17.9. The van der Waals surface area contributed by atoms with Crippen molar-refractivity contribution in [2.45, 2.75) is 56.5 Å². The SMILES string of the molecule is Cc1ccc(S(=O)(=O)N2[C@H](C)C=C[C@H]3COC(=O)[C@@H]4CCCC[C@H]4COC(=O)[C@H]32)cc1. The number of rotatable bonds is 2. The molecule has 0 spiro atoms. The van der Waals surface area contributed by atoms with Gasteiger partial charge in [0.15, 0.2) is 0 Å². The summed E-state index contributed by atoms with van der Waals surface area (Å²) in [7, 11) is -3.98. The molecule has 0 radical (unpaired) electrons. The summed E-state index contributed by atoms with van der Waals surface area (Å²) in [5, 5.41) is 0. The normalized spacial score (nSPS) is 32.4. The van der Waals surface area contributed by atoms with Crippen LogP contribution >= 0.6 is 0 Å². The molecule has 3 aliphatic rings. The van der Waals surface area contributed by atoms with Gasteiger partial charge in [-0.2, -0.15) is 4.31 Å². The van der Waals surface area contributed by atoms with Gasteiger partial charge in [0.05, 0.1) is 24.0 Å². The zero-order chi connectivity index (χ0) is 22.2. The summed E-state index contributed by atoms with van der Waals surface area (Å²) in [5.74, 6) is -1.81. The molecule has 1 aliphatic carbocycles. The van der Waals surface area contributed by atoms with Crippen LogP contribution in [0.3, 0.4) is 0 Å². The predicted molar refractivity (Wildman–Crippen MR) is 113 cm³/mol. The average Bonchev–Trinajstić information content (AvgIpc) is 2.76. The number of hydrogen-bond donors (Lipinski definition) is 0. The Morgan fingerprint density at radius 1 is 0.935 bits per heavy atom. The molecular weight excluding hydrogens is 418 g/mol. The summed E-state index contributed by atoms with van der Waals surface area (Å²) in [4.78, 5) is 26.0. The Kier molecular flexibility index (Phi) is 6.21. The summed E-state index contributed by atoms with van der Waals surface area (Å²) >= 11 is 0. The van der Waals surface area contributed by atoms with Crippen molar-refractivity contribution < 1.29 is 27.5 Å². The highest BCUT2D eigenvalue weighted by atomic mass is 32.2. The number of nitrogens with zero attached hydrogens (tertiary/aromatic N) is 1. The second-order valence-corrected chi connectivity index (χ2v) is 10.6. The van der Waals surface area contributed by atoms with Crippen LogP contribution in [0.2, 0.25) is 0 Å². The lowest BCUT2D eigenvalue weighted by atomic mass is 9.79. The lowest BCUT2D eigenvalue weighted by Crippen LogP contribution is -2.56. The van der Waals surface area contributed by atoms with Crippen molar-refractivity contribution in [1.82, 2.24) is 4.31 Å². The van der Waals surface area contributed by atoms with E-state index in [1.165, 1.54) is 4.31 Å². The van der Waals surface area contributed by atoms with Gasteiger partial charge >= 0.3 is 11.9 Å². The van der Waals surface area contributed by atoms with Crippen molar-refractivity contribution in [3.8, 4) is 0 Å². The molecule has 2 fully saturated rings. The quantitative estimate of drug-likeness (QED) is 0.512. The summed E-state index contributed by atoms with van der Waals surface area (Å²) in [6.07, 6.45) is 6.97. The Bertz CT molecular complexity index is 970. The third-order valence-electron chi connectivity index (χ3n) is 6.63. The average molecular weight is 448 g/mol. The lowest BCUT2D eigenvalue weighted by molar-refractivity contribution is -0.165. The first kappa shape index (κ1) is 22.0. The maximum absolute atomic E-state index is 13.5. The number of fused-ring (bicyclic) bond motifs is 2. The Labute approximate surface area is 183 Å². The number of benzene rings is 1.